The summed E-state index contributed by atoms with van der Waals surface area (Å²) in [4.78, 5) is 0. The molecule has 3 nitrogen and oxygen atoms in total. The fourth-order valence-electron chi connectivity index (χ4n) is 2.06. The van der Waals surface area contributed by atoms with Crippen molar-refractivity contribution < 1.29 is 4.39 Å². The van der Waals surface area contributed by atoms with E-state index in [9.17, 15) is 4.39 Å². The molecule has 0 radical (unpaired) electrons. The second-order valence-corrected chi connectivity index (χ2v) is 4.52. The fraction of sp³-hybridized carbons (Fsp3) is 0.357. The normalized spacial score (nSPS) is 12.7. The van der Waals surface area contributed by atoms with Crippen molar-refractivity contribution >= 4 is 0 Å². The Balaban J connectivity index is 2.44. The molecule has 96 valence electrons. The molecule has 0 saturated carbocycles. The first-order valence-electron chi connectivity index (χ1n) is 6.06. The second kappa shape index (κ2) is 5.31. The molecule has 4 heteroatoms. The molecule has 1 aromatic carbocycles. The van der Waals surface area contributed by atoms with E-state index in [1.54, 1.807) is 16.8 Å². The lowest BCUT2D eigenvalue weighted by Gasteiger charge is -2.11. The Morgan fingerprint density at radius 3 is 2.78 bits per heavy atom. The summed E-state index contributed by atoms with van der Waals surface area (Å²) in [7, 11) is 3.76. The summed E-state index contributed by atoms with van der Waals surface area (Å²) in [6.45, 7) is 2.10. The molecule has 0 aliphatic rings. The average Bonchev–Trinajstić information content (AvgIpc) is 2.71. The van der Waals surface area contributed by atoms with Crippen LogP contribution < -0.4 is 5.32 Å². The zero-order valence-electron chi connectivity index (χ0n) is 10.9. The Labute approximate surface area is 107 Å². The van der Waals surface area contributed by atoms with Crippen molar-refractivity contribution in [2.24, 2.45) is 7.05 Å². The van der Waals surface area contributed by atoms with Gasteiger partial charge in [0, 0.05) is 18.7 Å². The minimum atomic E-state index is -0.209. The third kappa shape index (κ3) is 2.43. The van der Waals surface area contributed by atoms with Crippen LogP contribution in [0.4, 0.5) is 4.39 Å². The topological polar surface area (TPSA) is 29.9 Å². The molecule has 2 rings (SSSR count). The molecule has 0 spiro atoms. The van der Waals surface area contributed by atoms with E-state index in [0.717, 1.165) is 17.7 Å². The zero-order chi connectivity index (χ0) is 13.1. The number of hydrogen-bond donors (Lipinski definition) is 1. The van der Waals surface area contributed by atoms with E-state index < -0.39 is 0 Å². The van der Waals surface area contributed by atoms with Crippen molar-refractivity contribution in [2.75, 3.05) is 7.05 Å². The van der Waals surface area contributed by atoms with Crippen LogP contribution in [0.1, 0.15) is 12.5 Å². The number of nitrogens with one attached hydrogen (secondary N) is 1. The fourth-order valence-corrected chi connectivity index (χ4v) is 2.06. The van der Waals surface area contributed by atoms with E-state index in [1.807, 2.05) is 26.4 Å². The molecule has 1 unspecified atom stereocenters. The first-order valence-corrected chi connectivity index (χ1v) is 6.06. The Morgan fingerprint density at radius 1 is 1.39 bits per heavy atom. The highest BCUT2D eigenvalue weighted by Crippen LogP contribution is 2.26. The third-order valence-corrected chi connectivity index (χ3v) is 3.16. The van der Waals surface area contributed by atoms with E-state index in [-0.39, 0.29) is 5.82 Å². The summed E-state index contributed by atoms with van der Waals surface area (Å²) in [6.07, 6.45) is 2.64. The number of aryl methyl sites for hydroxylation is 1. The molecule has 1 N–H and O–H groups in total. The van der Waals surface area contributed by atoms with Gasteiger partial charge < -0.3 is 5.32 Å². The monoisotopic (exact) mass is 247 g/mol. The Hall–Kier alpha value is -1.68. The van der Waals surface area contributed by atoms with E-state index in [2.05, 4.69) is 17.3 Å². The highest BCUT2D eigenvalue weighted by Gasteiger charge is 2.15. The molecular weight excluding hydrogens is 229 g/mol. The number of benzene rings is 1. The van der Waals surface area contributed by atoms with Crippen LogP contribution in [0.3, 0.4) is 0 Å². The zero-order valence-corrected chi connectivity index (χ0v) is 10.9. The summed E-state index contributed by atoms with van der Waals surface area (Å²) in [5.74, 6) is -0.209. The molecule has 0 fully saturated rings. The van der Waals surface area contributed by atoms with Gasteiger partial charge in [-0.05, 0) is 38.1 Å². The van der Waals surface area contributed by atoms with Gasteiger partial charge in [0.05, 0.1) is 11.9 Å². The minimum absolute atomic E-state index is 0.209. The van der Waals surface area contributed by atoms with Crippen LogP contribution in [-0.4, -0.2) is 22.9 Å². The van der Waals surface area contributed by atoms with Gasteiger partial charge in [-0.25, -0.2) is 4.39 Å². The summed E-state index contributed by atoms with van der Waals surface area (Å²) in [5.41, 5.74) is 2.52. The lowest BCUT2D eigenvalue weighted by atomic mass is 10.0. The smallest absolute Gasteiger partial charge is 0.132 e. The molecule has 1 heterocycles. The maximum Gasteiger partial charge on any atom is 0.132 e. The van der Waals surface area contributed by atoms with Crippen molar-refractivity contribution in [3.63, 3.8) is 0 Å². The van der Waals surface area contributed by atoms with Gasteiger partial charge in [-0.1, -0.05) is 12.1 Å². The van der Waals surface area contributed by atoms with Gasteiger partial charge in [0.1, 0.15) is 5.82 Å². The van der Waals surface area contributed by atoms with Crippen LogP contribution in [0.5, 0.6) is 0 Å². The maximum absolute atomic E-state index is 13.9. The standard InChI is InChI=1S/C14H18FN3/c1-10(16-2)8-11-9-17-18(3)14(11)12-6-4-5-7-13(12)15/h4-7,9-10,16H,8H2,1-3H3. The van der Waals surface area contributed by atoms with Crippen LogP contribution in [-0.2, 0) is 13.5 Å². The SMILES string of the molecule is CNC(C)Cc1cnn(C)c1-c1ccccc1F. The van der Waals surface area contributed by atoms with Crippen molar-refractivity contribution in [2.45, 2.75) is 19.4 Å². The Morgan fingerprint density at radius 2 is 2.11 bits per heavy atom. The molecule has 0 saturated heterocycles. The van der Waals surface area contributed by atoms with Crippen molar-refractivity contribution in [1.82, 2.24) is 15.1 Å². The van der Waals surface area contributed by atoms with Gasteiger partial charge in [-0.3, -0.25) is 4.68 Å². The number of hydrogen-bond acceptors (Lipinski definition) is 2. The molecule has 0 aliphatic heterocycles. The predicted octanol–water partition coefficient (Wildman–Crippen LogP) is 2.38. The largest absolute Gasteiger partial charge is 0.317 e. The first kappa shape index (κ1) is 12.8. The highest BCUT2D eigenvalue weighted by atomic mass is 19.1. The minimum Gasteiger partial charge on any atom is -0.317 e. The van der Waals surface area contributed by atoms with E-state index in [1.165, 1.54) is 6.07 Å². The van der Waals surface area contributed by atoms with E-state index in [4.69, 9.17) is 0 Å². The summed E-state index contributed by atoms with van der Waals surface area (Å²) < 4.78 is 15.6. The predicted molar refractivity (Wildman–Crippen MR) is 70.8 cm³/mol. The first-order chi connectivity index (χ1) is 8.63. The van der Waals surface area contributed by atoms with Gasteiger partial charge in [-0.15, -0.1) is 0 Å². The molecule has 1 atom stereocenters. The summed E-state index contributed by atoms with van der Waals surface area (Å²) >= 11 is 0. The number of aromatic nitrogens is 2. The van der Waals surface area contributed by atoms with Gasteiger partial charge in [-0.2, -0.15) is 5.10 Å². The molecule has 0 amide bonds. The lowest BCUT2D eigenvalue weighted by Crippen LogP contribution is -2.23. The van der Waals surface area contributed by atoms with E-state index >= 15 is 0 Å². The van der Waals surface area contributed by atoms with Crippen molar-refractivity contribution in [3.05, 3.63) is 41.8 Å². The summed E-state index contributed by atoms with van der Waals surface area (Å²) in [6, 6.07) is 7.15. The van der Waals surface area contributed by atoms with Crippen molar-refractivity contribution in [3.8, 4) is 11.3 Å². The van der Waals surface area contributed by atoms with Crippen molar-refractivity contribution in [1.29, 1.82) is 0 Å². The van der Waals surface area contributed by atoms with E-state index in [0.29, 0.717) is 11.6 Å². The lowest BCUT2D eigenvalue weighted by molar-refractivity contribution is 0.607. The number of nitrogens with zero attached hydrogens (tertiary/aromatic N) is 2. The Kier molecular flexibility index (Phi) is 3.77. The molecule has 2 aromatic rings. The van der Waals surface area contributed by atoms with Crippen LogP contribution in [0.2, 0.25) is 0 Å². The molecule has 18 heavy (non-hydrogen) atoms. The number of rotatable bonds is 4. The second-order valence-electron chi connectivity index (χ2n) is 4.52. The van der Waals surface area contributed by atoms with Gasteiger partial charge >= 0.3 is 0 Å². The summed E-state index contributed by atoms with van der Waals surface area (Å²) in [5, 5.41) is 7.43. The molecule has 0 bridgehead atoms. The number of likely N-dealkylation sites (N-methyl/N-ethyl adjacent to an activating group) is 1. The van der Waals surface area contributed by atoms with Crippen LogP contribution >= 0.6 is 0 Å². The van der Waals surface area contributed by atoms with Crippen LogP contribution in [0, 0.1) is 5.82 Å². The highest BCUT2D eigenvalue weighted by molar-refractivity contribution is 5.64. The van der Waals surface area contributed by atoms with Gasteiger partial charge in [0.2, 0.25) is 0 Å². The molecule has 1 aromatic heterocycles. The third-order valence-electron chi connectivity index (χ3n) is 3.16. The van der Waals surface area contributed by atoms with Gasteiger partial charge in [0.15, 0.2) is 0 Å². The van der Waals surface area contributed by atoms with Crippen LogP contribution in [0.25, 0.3) is 11.3 Å². The average molecular weight is 247 g/mol. The Bertz CT molecular complexity index is 534. The quantitative estimate of drug-likeness (QED) is 0.899. The van der Waals surface area contributed by atoms with Crippen LogP contribution in [0.15, 0.2) is 30.5 Å². The maximum atomic E-state index is 13.9. The van der Waals surface area contributed by atoms with Gasteiger partial charge in [0.25, 0.3) is 0 Å². The molecule has 0 aliphatic carbocycles. The molecular formula is C14H18FN3. The number of halogens is 1.